The molecule has 9 nitrogen and oxygen atoms in total. The Balaban J connectivity index is 1.59. The van der Waals surface area contributed by atoms with Gasteiger partial charge in [0.05, 0.1) is 4.90 Å². The van der Waals surface area contributed by atoms with E-state index in [9.17, 15) is 13.2 Å². The molecule has 1 aromatic heterocycles. The molecule has 0 atom stereocenters. The van der Waals surface area contributed by atoms with Crippen LogP contribution in [0.3, 0.4) is 0 Å². The highest BCUT2D eigenvalue weighted by atomic mass is 32.2. The van der Waals surface area contributed by atoms with Gasteiger partial charge >= 0.3 is 0 Å². The van der Waals surface area contributed by atoms with Crippen molar-refractivity contribution in [3.05, 3.63) is 35.7 Å². The monoisotopic (exact) mass is 390 g/mol. The van der Waals surface area contributed by atoms with E-state index in [-0.39, 0.29) is 10.8 Å². The number of aromatic amines is 1. The predicted octanol–water partition coefficient (Wildman–Crippen LogP) is 1.18. The molecular formula is C17H22N6O3S. The van der Waals surface area contributed by atoms with E-state index in [0.29, 0.717) is 24.5 Å². The number of aromatic nitrogens is 4. The third kappa shape index (κ3) is 3.34. The summed E-state index contributed by atoms with van der Waals surface area (Å²) in [6.07, 6.45) is 5.10. The molecular weight excluding hydrogens is 368 g/mol. The average Bonchev–Trinajstić information content (AvgIpc) is 3.43. The predicted molar refractivity (Wildman–Crippen MR) is 96.2 cm³/mol. The van der Waals surface area contributed by atoms with Gasteiger partial charge in [0.25, 0.3) is 5.91 Å². The maximum Gasteiger partial charge on any atom is 0.252 e. The molecule has 1 aromatic carbocycles. The first-order valence-electron chi connectivity index (χ1n) is 9.18. The zero-order valence-corrected chi connectivity index (χ0v) is 15.7. The fourth-order valence-corrected chi connectivity index (χ4v) is 5.48. The molecule has 0 unspecified atom stereocenters. The van der Waals surface area contributed by atoms with Gasteiger partial charge in [0.1, 0.15) is 5.54 Å². The number of tetrazole rings is 1. The first-order chi connectivity index (χ1) is 13.0. The lowest BCUT2D eigenvalue weighted by atomic mass is 9.96. The quantitative estimate of drug-likeness (QED) is 0.791. The lowest BCUT2D eigenvalue weighted by Gasteiger charge is -2.26. The van der Waals surface area contributed by atoms with Gasteiger partial charge in [0, 0.05) is 18.7 Å². The summed E-state index contributed by atoms with van der Waals surface area (Å²) >= 11 is 0. The van der Waals surface area contributed by atoms with Crippen LogP contribution in [0, 0.1) is 0 Å². The van der Waals surface area contributed by atoms with Gasteiger partial charge in [-0.15, -0.1) is 10.2 Å². The number of sulfonamides is 1. The molecule has 0 bridgehead atoms. The normalized spacial score (nSPS) is 20.0. The number of hydrogen-bond acceptors (Lipinski definition) is 6. The topological polar surface area (TPSA) is 121 Å². The summed E-state index contributed by atoms with van der Waals surface area (Å²) in [6, 6.07) is 6.21. The van der Waals surface area contributed by atoms with Crippen LogP contribution in [-0.2, 0) is 15.6 Å². The van der Waals surface area contributed by atoms with E-state index in [1.165, 1.54) is 16.4 Å². The summed E-state index contributed by atoms with van der Waals surface area (Å²) in [7, 11) is -3.57. The van der Waals surface area contributed by atoms with Crippen LogP contribution < -0.4 is 5.32 Å². The van der Waals surface area contributed by atoms with Gasteiger partial charge in [-0.25, -0.2) is 8.42 Å². The third-order valence-electron chi connectivity index (χ3n) is 5.38. The minimum atomic E-state index is -3.57. The number of benzene rings is 1. The van der Waals surface area contributed by atoms with Gasteiger partial charge in [0.2, 0.25) is 10.0 Å². The molecule has 1 aliphatic carbocycles. The Morgan fingerprint density at radius 1 is 1.15 bits per heavy atom. The van der Waals surface area contributed by atoms with E-state index in [1.807, 2.05) is 0 Å². The van der Waals surface area contributed by atoms with Gasteiger partial charge < -0.3 is 5.32 Å². The fraction of sp³-hybridized carbons (Fsp3) is 0.529. The van der Waals surface area contributed by atoms with Crippen LogP contribution in [0.25, 0.3) is 0 Å². The van der Waals surface area contributed by atoms with E-state index in [0.717, 1.165) is 38.5 Å². The van der Waals surface area contributed by atoms with Crippen molar-refractivity contribution in [2.24, 2.45) is 0 Å². The Bertz CT molecular complexity index is 916. The molecule has 1 saturated heterocycles. The van der Waals surface area contributed by atoms with Crippen molar-refractivity contribution in [2.75, 3.05) is 13.1 Å². The summed E-state index contributed by atoms with van der Waals surface area (Å²) in [5.74, 6) is 0.134. The van der Waals surface area contributed by atoms with E-state index >= 15 is 0 Å². The first kappa shape index (κ1) is 18.1. The average molecular weight is 390 g/mol. The van der Waals surface area contributed by atoms with Crippen LogP contribution in [0.4, 0.5) is 0 Å². The molecule has 1 amide bonds. The SMILES string of the molecule is O=C(NC1(c2nn[nH]n2)CCCC1)c1cccc(S(=O)(=O)N2CCCC2)c1. The molecule has 2 aromatic rings. The van der Waals surface area contributed by atoms with Crippen molar-refractivity contribution in [3.63, 3.8) is 0 Å². The molecule has 27 heavy (non-hydrogen) atoms. The van der Waals surface area contributed by atoms with Gasteiger partial charge in [-0.2, -0.15) is 9.52 Å². The number of hydrogen-bond donors (Lipinski definition) is 2. The van der Waals surface area contributed by atoms with Crippen molar-refractivity contribution < 1.29 is 13.2 Å². The zero-order chi connectivity index (χ0) is 18.9. The lowest BCUT2D eigenvalue weighted by molar-refractivity contribution is 0.0893. The van der Waals surface area contributed by atoms with Crippen molar-refractivity contribution in [1.82, 2.24) is 30.2 Å². The standard InChI is InChI=1S/C17H22N6O3S/c24-15(18-17(8-1-2-9-17)16-19-21-22-20-16)13-6-5-7-14(12-13)27(25,26)23-10-3-4-11-23/h5-7,12H,1-4,8-11H2,(H,18,24)(H,19,20,21,22). The number of carbonyl (C=O) groups is 1. The molecule has 2 N–H and O–H groups in total. The lowest BCUT2D eigenvalue weighted by Crippen LogP contribution is -2.44. The molecule has 4 rings (SSSR count). The van der Waals surface area contributed by atoms with Crippen LogP contribution in [0.15, 0.2) is 29.2 Å². The maximum absolute atomic E-state index is 12.9. The highest BCUT2D eigenvalue weighted by Crippen LogP contribution is 2.37. The highest BCUT2D eigenvalue weighted by Gasteiger charge is 2.41. The molecule has 1 aliphatic heterocycles. The van der Waals surface area contributed by atoms with Gasteiger partial charge in [0.15, 0.2) is 5.82 Å². The van der Waals surface area contributed by atoms with E-state index in [4.69, 9.17) is 0 Å². The molecule has 2 fully saturated rings. The largest absolute Gasteiger partial charge is 0.339 e. The molecule has 1 saturated carbocycles. The smallest absolute Gasteiger partial charge is 0.252 e. The number of H-pyrrole nitrogens is 1. The van der Waals surface area contributed by atoms with Crippen molar-refractivity contribution in [2.45, 2.75) is 49.0 Å². The maximum atomic E-state index is 12.9. The van der Waals surface area contributed by atoms with E-state index in [1.54, 1.807) is 12.1 Å². The molecule has 0 spiro atoms. The minimum absolute atomic E-state index is 0.150. The van der Waals surface area contributed by atoms with Crippen LogP contribution in [0.2, 0.25) is 0 Å². The Labute approximate surface area is 157 Å². The Hall–Kier alpha value is -2.33. The second-order valence-electron chi connectivity index (χ2n) is 7.12. The number of nitrogens with zero attached hydrogens (tertiary/aromatic N) is 4. The number of carbonyl (C=O) groups excluding carboxylic acids is 1. The molecule has 144 valence electrons. The Kier molecular flexibility index (Phi) is 4.68. The summed E-state index contributed by atoms with van der Waals surface area (Å²) in [5.41, 5.74) is -0.349. The molecule has 10 heteroatoms. The molecule has 2 aliphatic rings. The van der Waals surface area contributed by atoms with Crippen molar-refractivity contribution >= 4 is 15.9 Å². The number of rotatable bonds is 5. The number of nitrogens with one attached hydrogen (secondary N) is 2. The van der Waals surface area contributed by atoms with Gasteiger partial charge in [-0.3, -0.25) is 4.79 Å². The Morgan fingerprint density at radius 2 is 1.89 bits per heavy atom. The fourth-order valence-electron chi connectivity index (χ4n) is 3.91. The van der Waals surface area contributed by atoms with Crippen LogP contribution >= 0.6 is 0 Å². The third-order valence-corrected chi connectivity index (χ3v) is 7.28. The van der Waals surface area contributed by atoms with Crippen LogP contribution in [-0.4, -0.2) is 52.3 Å². The van der Waals surface area contributed by atoms with Crippen LogP contribution in [0.1, 0.15) is 54.7 Å². The second kappa shape index (κ2) is 7.01. The second-order valence-corrected chi connectivity index (χ2v) is 9.06. The number of amides is 1. The first-order valence-corrected chi connectivity index (χ1v) is 10.6. The van der Waals surface area contributed by atoms with E-state index in [2.05, 4.69) is 25.9 Å². The summed E-state index contributed by atoms with van der Waals surface area (Å²) in [4.78, 5) is 13.0. The molecule has 0 radical (unpaired) electrons. The minimum Gasteiger partial charge on any atom is -0.339 e. The summed E-state index contributed by atoms with van der Waals surface area (Å²) in [5, 5.41) is 17.2. The summed E-state index contributed by atoms with van der Waals surface area (Å²) < 4.78 is 27.0. The zero-order valence-electron chi connectivity index (χ0n) is 14.9. The van der Waals surface area contributed by atoms with Gasteiger partial charge in [-0.1, -0.05) is 24.1 Å². The van der Waals surface area contributed by atoms with Crippen LogP contribution in [0.5, 0.6) is 0 Å². The van der Waals surface area contributed by atoms with Gasteiger partial charge in [-0.05, 0) is 43.9 Å². The summed E-state index contributed by atoms with van der Waals surface area (Å²) in [6.45, 7) is 1.05. The van der Waals surface area contributed by atoms with E-state index < -0.39 is 15.6 Å². The highest BCUT2D eigenvalue weighted by molar-refractivity contribution is 7.89. The van der Waals surface area contributed by atoms with Crippen molar-refractivity contribution in [1.29, 1.82) is 0 Å². The van der Waals surface area contributed by atoms with Crippen molar-refractivity contribution in [3.8, 4) is 0 Å². The molecule has 2 heterocycles. The Morgan fingerprint density at radius 3 is 2.56 bits per heavy atom.